The van der Waals surface area contributed by atoms with Crippen LogP contribution in [0.25, 0.3) is 0 Å². The lowest BCUT2D eigenvalue weighted by molar-refractivity contribution is 0.0668. The van der Waals surface area contributed by atoms with E-state index in [0.717, 1.165) is 15.7 Å². The van der Waals surface area contributed by atoms with Crippen molar-refractivity contribution in [2.24, 2.45) is 4.99 Å². The molecule has 142 valence electrons. The predicted octanol–water partition coefficient (Wildman–Crippen LogP) is 2.39. The third-order valence-corrected chi connectivity index (χ3v) is 4.05. The maximum absolute atomic E-state index is 12.9. The number of guanidine groups is 1. The van der Waals surface area contributed by atoms with Gasteiger partial charge in [-0.05, 0) is 17.2 Å². The summed E-state index contributed by atoms with van der Waals surface area (Å²) in [5, 5.41) is 10.4. The Kier molecular flexibility index (Phi) is 6.14. The van der Waals surface area contributed by atoms with E-state index in [-0.39, 0.29) is 12.4 Å². The Balaban J connectivity index is 1.59. The van der Waals surface area contributed by atoms with Crippen LogP contribution in [0.3, 0.4) is 0 Å². The molecule has 0 radical (unpaired) electrons. The van der Waals surface area contributed by atoms with Gasteiger partial charge in [-0.3, -0.25) is 14.2 Å². The number of aliphatic imine (C=N–C) groups is 1. The van der Waals surface area contributed by atoms with Crippen molar-refractivity contribution < 1.29 is 8.78 Å². The van der Waals surface area contributed by atoms with E-state index in [2.05, 4.69) is 25.7 Å². The summed E-state index contributed by atoms with van der Waals surface area (Å²) in [6.45, 7) is -1.26. The van der Waals surface area contributed by atoms with Gasteiger partial charge in [-0.2, -0.15) is 13.9 Å². The molecule has 0 aliphatic rings. The van der Waals surface area contributed by atoms with E-state index >= 15 is 0 Å². The molecule has 3 aromatic rings. The van der Waals surface area contributed by atoms with Crippen molar-refractivity contribution in [2.75, 3.05) is 7.05 Å². The summed E-state index contributed by atoms with van der Waals surface area (Å²) in [4.78, 5) is 8.08. The number of rotatable bonds is 7. The number of nitrogens with zero attached hydrogens (tertiary/aromatic N) is 5. The van der Waals surface area contributed by atoms with Gasteiger partial charge in [-0.15, -0.1) is 0 Å². The van der Waals surface area contributed by atoms with Crippen molar-refractivity contribution in [3.8, 4) is 0 Å². The molecule has 7 nitrogen and oxygen atoms in total. The number of halogens is 2. The number of alkyl halides is 2. The fourth-order valence-corrected chi connectivity index (χ4v) is 2.67. The minimum atomic E-state index is -2.62. The molecule has 0 spiro atoms. The highest BCUT2D eigenvalue weighted by Gasteiger charge is 2.11. The number of benzene rings is 1. The van der Waals surface area contributed by atoms with Gasteiger partial charge in [0, 0.05) is 38.4 Å². The SMILES string of the molecule is CN=C(NCc1ccccc1Cn1cccn1)NCc1nccn1C(F)F. The molecular formula is C18H21F2N7. The first-order valence-corrected chi connectivity index (χ1v) is 8.46. The second-order valence-electron chi connectivity index (χ2n) is 5.78. The molecule has 2 N–H and O–H groups in total. The van der Waals surface area contributed by atoms with Gasteiger partial charge in [0.25, 0.3) is 0 Å². The van der Waals surface area contributed by atoms with E-state index in [1.165, 1.54) is 12.4 Å². The topological polar surface area (TPSA) is 72.1 Å². The molecular weight excluding hydrogens is 352 g/mol. The average molecular weight is 373 g/mol. The third kappa shape index (κ3) is 4.90. The fourth-order valence-electron chi connectivity index (χ4n) is 2.67. The van der Waals surface area contributed by atoms with E-state index in [4.69, 9.17) is 0 Å². The Morgan fingerprint density at radius 3 is 2.56 bits per heavy atom. The summed E-state index contributed by atoms with van der Waals surface area (Å²) in [6, 6.07) is 9.92. The quantitative estimate of drug-likeness (QED) is 0.493. The van der Waals surface area contributed by atoms with Crippen molar-refractivity contribution >= 4 is 5.96 Å². The van der Waals surface area contributed by atoms with Gasteiger partial charge in [0.2, 0.25) is 0 Å². The van der Waals surface area contributed by atoms with Gasteiger partial charge in [0.05, 0.1) is 13.1 Å². The number of imidazole rings is 1. The van der Waals surface area contributed by atoms with Crippen LogP contribution in [-0.2, 0) is 19.6 Å². The molecule has 0 aliphatic carbocycles. The molecule has 27 heavy (non-hydrogen) atoms. The molecule has 0 unspecified atom stereocenters. The number of aromatic nitrogens is 4. The zero-order valence-corrected chi connectivity index (χ0v) is 14.9. The van der Waals surface area contributed by atoms with Crippen LogP contribution in [0.5, 0.6) is 0 Å². The summed E-state index contributed by atoms with van der Waals surface area (Å²) in [6.07, 6.45) is 6.26. The molecule has 0 bridgehead atoms. The molecule has 0 atom stereocenters. The van der Waals surface area contributed by atoms with Crippen molar-refractivity contribution in [1.82, 2.24) is 30.0 Å². The average Bonchev–Trinajstić information content (AvgIpc) is 3.34. The molecule has 9 heteroatoms. The van der Waals surface area contributed by atoms with Crippen LogP contribution >= 0.6 is 0 Å². The highest BCUT2D eigenvalue weighted by atomic mass is 19.3. The fraction of sp³-hybridized carbons (Fsp3) is 0.278. The predicted molar refractivity (Wildman–Crippen MR) is 98.3 cm³/mol. The molecule has 2 heterocycles. The molecule has 0 saturated carbocycles. The molecule has 3 rings (SSSR count). The first-order chi connectivity index (χ1) is 13.2. The Bertz CT molecular complexity index is 871. The molecule has 0 amide bonds. The lowest BCUT2D eigenvalue weighted by Crippen LogP contribution is -2.37. The smallest absolute Gasteiger partial charge is 0.319 e. The van der Waals surface area contributed by atoms with Gasteiger partial charge in [0.15, 0.2) is 5.96 Å². The van der Waals surface area contributed by atoms with Crippen LogP contribution in [0.2, 0.25) is 0 Å². The van der Waals surface area contributed by atoms with Gasteiger partial charge in [0.1, 0.15) is 5.82 Å². The second kappa shape index (κ2) is 8.93. The van der Waals surface area contributed by atoms with Gasteiger partial charge >= 0.3 is 6.55 Å². The summed E-state index contributed by atoms with van der Waals surface area (Å²) in [5.74, 6) is 0.750. The Morgan fingerprint density at radius 2 is 1.85 bits per heavy atom. The van der Waals surface area contributed by atoms with Gasteiger partial charge in [-0.25, -0.2) is 4.98 Å². The van der Waals surface area contributed by atoms with Crippen LogP contribution in [0.4, 0.5) is 8.78 Å². The Labute approximate surface area is 155 Å². The summed E-state index contributed by atoms with van der Waals surface area (Å²) in [5.41, 5.74) is 2.24. The zero-order valence-electron chi connectivity index (χ0n) is 14.9. The zero-order chi connectivity index (χ0) is 19.1. The van der Waals surface area contributed by atoms with Crippen LogP contribution < -0.4 is 10.6 Å². The van der Waals surface area contributed by atoms with Gasteiger partial charge in [-0.1, -0.05) is 24.3 Å². The van der Waals surface area contributed by atoms with Crippen molar-refractivity contribution in [3.63, 3.8) is 0 Å². The molecule has 0 saturated heterocycles. The van der Waals surface area contributed by atoms with Crippen LogP contribution in [-0.4, -0.2) is 32.3 Å². The first kappa shape index (κ1) is 18.6. The lowest BCUT2D eigenvalue weighted by atomic mass is 10.1. The van der Waals surface area contributed by atoms with Gasteiger partial charge < -0.3 is 10.6 Å². The molecule has 2 aromatic heterocycles. The van der Waals surface area contributed by atoms with Crippen molar-refractivity contribution in [3.05, 3.63) is 72.1 Å². The van der Waals surface area contributed by atoms with Crippen LogP contribution in [0.1, 0.15) is 23.5 Å². The minimum Gasteiger partial charge on any atom is -0.352 e. The largest absolute Gasteiger partial charge is 0.352 e. The Morgan fingerprint density at radius 1 is 1.07 bits per heavy atom. The first-order valence-electron chi connectivity index (χ1n) is 8.46. The van der Waals surface area contributed by atoms with E-state index in [0.29, 0.717) is 19.0 Å². The lowest BCUT2D eigenvalue weighted by Gasteiger charge is -2.15. The number of hydrogen-bond acceptors (Lipinski definition) is 3. The maximum Gasteiger partial charge on any atom is 0.319 e. The normalized spacial score (nSPS) is 11.8. The summed E-state index contributed by atoms with van der Waals surface area (Å²) >= 11 is 0. The van der Waals surface area contributed by atoms with Crippen molar-refractivity contribution in [1.29, 1.82) is 0 Å². The summed E-state index contributed by atoms with van der Waals surface area (Å²) in [7, 11) is 1.63. The number of nitrogens with one attached hydrogen (secondary N) is 2. The van der Waals surface area contributed by atoms with E-state index < -0.39 is 6.55 Å². The second-order valence-corrected chi connectivity index (χ2v) is 5.78. The molecule has 0 aliphatic heterocycles. The standard InChI is InChI=1S/C18H21F2N7/c1-21-18(24-12-16-22-8-10-27(16)17(19)20)23-11-14-5-2-3-6-15(14)13-26-9-4-7-25-26/h2-10,17H,11-13H2,1H3,(H2,21,23,24). The van der Waals surface area contributed by atoms with Crippen molar-refractivity contribution in [2.45, 2.75) is 26.2 Å². The Hall–Kier alpha value is -3.23. The van der Waals surface area contributed by atoms with Crippen LogP contribution in [0.15, 0.2) is 60.1 Å². The maximum atomic E-state index is 12.9. The van der Waals surface area contributed by atoms with E-state index in [1.54, 1.807) is 13.2 Å². The van der Waals surface area contributed by atoms with E-state index in [1.807, 2.05) is 41.2 Å². The number of hydrogen-bond donors (Lipinski definition) is 2. The summed E-state index contributed by atoms with van der Waals surface area (Å²) < 4.78 is 28.4. The molecule has 1 aromatic carbocycles. The minimum absolute atomic E-state index is 0.145. The monoisotopic (exact) mass is 373 g/mol. The molecule has 0 fully saturated rings. The highest BCUT2D eigenvalue weighted by molar-refractivity contribution is 5.79. The van der Waals surface area contributed by atoms with Crippen LogP contribution in [0, 0.1) is 0 Å². The highest BCUT2D eigenvalue weighted by Crippen LogP contribution is 2.12. The third-order valence-electron chi connectivity index (χ3n) is 4.05. The van der Waals surface area contributed by atoms with E-state index in [9.17, 15) is 8.78 Å².